The van der Waals surface area contributed by atoms with Crippen LogP contribution in [0.1, 0.15) is 6.42 Å². The maximum atomic E-state index is 10.8. The minimum atomic E-state index is -3.43. The van der Waals surface area contributed by atoms with Crippen molar-refractivity contribution in [1.29, 1.82) is 0 Å². The number of nitrogens with zero attached hydrogens (tertiary/aromatic N) is 1. The predicted molar refractivity (Wildman–Crippen MR) is 47.6 cm³/mol. The number of carbonyl (C=O) groups excluding carboxylic acids is 1. The van der Waals surface area contributed by atoms with Crippen LogP contribution >= 0.6 is 0 Å². The number of carbonyl (C=O) groups is 1. The van der Waals surface area contributed by atoms with Gasteiger partial charge in [-0.1, -0.05) is 0 Å². The topological polar surface area (TPSA) is 89.7 Å². The molecule has 0 fully saturated rings. The Kier molecular flexibility index (Phi) is 4.71. The molecule has 1 amide bonds. The molecule has 0 aliphatic rings. The molecule has 78 valence electrons. The summed E-state index contributed by atoms with van der Waals surface area (Å²) in [6.07, 6.45) is -0.181. The second kappa shape index (κ2) is 5.03. The third-order valence-corrected chi connectivity index (χ3v) is 2.27. The lowest BCUT2D eigenvalue weighted by atomic mass is 10.4. The Balaban J connectivity index is 3.72. The van der Waals surface area contributed by atoms with E-state index in [2.05, 4.69) is 4.74 Å². The lowest BCUT2D eigenvalue weighted by Gasteiger charge is -2.14. The molecule has 0 aromatic carbocycles. The molecule has 0 atom stereocenters. The van der Waals surface area contributed by atoms with Crippen LogP contribution in [0.2, 0.25) is 0 Å². The third-order valence-electron chi connectivity index (χ3n) is 1.41. The third kappa shape index (κ3) is 6.35. The number of sulfonamides is 1. The van der Waals surface area contributed by atoms with Crippen molar-refractivity contribution in [2.45, 2.75) is 6.42 Å². The number of amides is 1. The molecule has 6 nitrogen and oxygen atoms in total. The van der Waals surface area contributed by atoms with Gasteiger partial charge in [-0.25, -0.2) is 18.4 Å². The number of nitrogens with two attached hydrogens (primary N) is 1. The molecule has 0 aliphatic carbocycles. The lowest BCUT2D eigenvalue weighted by molar-refractivity contribution is 0.133. The van der Waals surface area contributed by atoms with Crippen molar-refractivity contribution in [2.24, 2.45) is 5.14 Å². The first-order chi connectivity index (χ1) is 5.87. The number of methoxy groups -OCH3 is 1. The quantitative estimate of drug-likeness (QED) is 0.668. The summed E-state index contributed by atoms with van der Waals surface area (Å²) >= 11 is 0. The van der Waals surface area contributed by atoms with Gasteiger partial charge < -0.3 is 9.64 Å². The van der Waals surface area contributed by atoms with Crippen molar-refractivity contribution in [3.05, 3.63) is 0 Å². The van der Waals surface area contributed by atoms with E-state index in [4.69, 9.17) is 5.14 Å². The minimum Gasteiger partial charge on any atom is -0.453 e. The summed E-state index contributed by atoms with van der Waals surface area (Å²) in [6.45, 7) is 0.309. The van der Waals surface area contributed by atoms with Gasteiger partial charge in [0, 0.05) is 13.6 Å². The van der Waals surface area contributed by atoms with Gasteiger partial charge in [-0.15, -0.1) is 0 Å². The van der Waals surface area contributed by atoms with E-state index in [1.54, 1.807) is 0 Å². The molecule has 0 bridgehead atoms. The summed E-state index contributed by atoms with van der Waals surface area (Å²) in [6, 6.07) is 0. The second-order valence-corrected chi connectivity index (χ2v) is 4.35. The fourth-order valence-corrected chi connectivity index (χ4v) is 1.28. The Morgan fingerprint density at radius 2 is 2.08 bits per heavy atom. The van der Waals surface area contributed by atoms with E-state index in [-0.39, 0.29) is 5.75 Å². The van der Waals surface area contributed by atoms with Crippen molar-refractivity contribution in [3.63, 3.8) is 0 Å². The number of rotatable bonds is 4. The van der Waals surface area contributed by atoms with Gasteiger partial charge in [0.15, 0.2) is 0 Å². The van der Waals surface area contributed by atoms with Crippen LogP contribution in [0.25, 0.3) is 0 Å². The van der Waals surface area contributed by atoms with E-state index in [0.29, 0.717) is 13.0 Å². The standard InChI is InChI=1S/C6H14N2O4S/c1-8(6(9)12-2)4-3-5-13(7,10)11/h3-5H2,1-2H3,(H2,7,10,11). The second-order valence-electron chi connectivity index (χ2n) is 2.61. The van der Waals surface area contributed by atoms with Crippen LogP contribution in [0.4, 0.5) is 4.79 Å². The summed E-state index contributed by atoms with van der Waals surface area (Å²) in [5, 5.41) is 4.77. The Labute approximate surface area is 77.7 Å². The molecule has 13 heavy (non-hydrogen) atoms. The molecule has 0 radical (unpaired) electrons. The molecule has 7 heteroatoms. The van der Waals surface area contributed by atoms with Gasteiger partial charge >= 0.3 is 6.09 Å². The Morgan fingerprint density at radius 3 is 2.46 bits per heavy atom. The summed E-state index contributed by atoms with van der Waals surface area (Å²) in [7, 11) is -0.646. The van der Waals surface area contributed by atoms with Crippen molar-refractivity contribution in [3.8, 4) is 0 Å². The molecular formula is C6H14N2O4S. The number of ether oxygens (including phenoxy) is 1. The van der Waals surface area contributed by atoms with Crippen molar-refractivity contribution in [2.75, 3.05) is 26.5 Å². The minimum absolute atomic E-state index is 0.131. The first kappa shape index (κ1) is 12.2. The van der Waals surface area contributed by atoms with Gasteiger partial charge in [-0.2, -0.15) is 0 Å². The highest BCUT2D eigenvalue weighted by Gasteiger charge is 2.09. The maximum absolute atomic E-state index is 10.8. The fourth-order valence-electron chi connectivity index (χ4n) is 0.750. The van der Waals surface area contributed by atoms with Gasteiger partial charge in [-0.05, 0) is 6.42 Å². The van der Waals surface area contributed by atoms with Crippen LogP contribution in [0.5, 0.6) is 0 Å². The lowest BCUT2D eigenvalue weighted by Crippen LogP contribution is -2.29. The highest BCUT2D eigenvalue weighted by molar-refractivity contribution is 7.89. The molecule has 0 aromatic rings. The summed E-state index contributed by atoms with van der Waals surface area (Å²) in [5.41, 5.74) is 0. The zero-order chi connectivity index (χ0) is 10.5. The van der Waals surface area contributed by atoms with E-state index in [0.717, 1.165) is 0 Å². The molecule has 0 rings (SSSR count). The largest absolute Gasteiger partial charge is 0.453 e. The monoisotopic (exact) mass is 210 g/mol. The van der Waals surface area contributed by atoms with Crippen LogP contribution in [-0.2, 0) is 14.8 Å². The van der Waals surface area contributed by atoms with Crippen LogP contribution in [0.3, 0.4) is 0 Å². The van der Waals surface area contributed by atoms with E-state index in [1.165, 1.54) is 19.1 Å². The molecule has 0 saturated carbocycles. The van der Waals surface area contributed by atoms with E-state index >= 15 is 0 Å². The molecule has 0 aliphatic heterocycles. The first-order valence-corrected chi connectivity index (χ1v) is 5.38. The van der Waals surface area contributed by atoms with E-state index in [1.807, 2.05) is 0 Å². The number of primary sulfonamides is 1. The van der Waals surface area contributed by atoms with Crippen molar-refractivity contribution >= 4 is 16.1 Å². The van der Waals surface area contributed by atoms with E-state index < -0.39 is 16.1 Å². The molecule has 0 saturated heterocycles. The summed E-state index contributed by atoms with van der Waals surface area (Å²) in [4.78, 5) is 12.1. The average Bonchev–Trinajstić information content (AvgIpc) is 2.00. The summed E-state index contributed by atoms with van der Waals surface area (Å²) < 4.78 is 25.4. The van der Waals surface area contributed by atoms with Gasteiger partial charge in [0.2, 0.25) is 10.0 Å². The Bertz CT molecular complexity index is 262. The van der Waals surface area contributed by atoms with E-state index in [9.17, 15) is 13.2 Å². The highest BCUT2D eigenvalue weighted by Crippen LogP contribution is 1.92. The Hall–Kier alpha value is -0.820. The number of hydrogen-bond acceptors (Lipinski definition) is 4. The molecule has 0 spiro atoms. The molecule has 0 aromatic heterocycles. The Morgan fingerprint density at radius 1 is 1.54 bits per heavy atom. The van der Waals surface area contributed by atoms with Crippen LogP contribution < -0.4 is 5.14 Å². The predicted octanol–water partition coefficient (Wildman–Crippen LogP) is -0.637. The van der Waals surface area contributed by atoms with Gasteiger partial charge in [0.25, 0.3) is 0 Å². The number of hydrogen-bond donors (Lipinski definition) is 1. The molecule has 0 unspecified atom stereocenters. The highest BCUT2D eigenvalue weighted by atomic mass is 32.2. The fraction of sp³-hybridized carbons (Fsp3) is 0.833. The smallest absolute Gasteiger partial charge is 0.409 e. The van der Waals surface area contributed by atoms with Crippen LogP contribution in [-0.4, -0.2) is 45.9 Å². The average molecular weight is 210 g/mol. The first-order valence-electron chi connectivity index (χ1n) is 3.66. The van der Waals surface area contributed by atoms with Crippen molar-refractivity contribution in [1.82, 2.24) is 4.90 Å². The normalized spacial score (nSPS) is 11.0. The van der Waals surface area contributed by atoms with Gasteiger partial charge in [0.1, 0.15) is 0 Å². The van der Waals surface area contributed by atoms with Crippen LogP contribution in [0.15, 0.2) is 0 Å². The molecule has 0 heterocycles. The molecular weight excluding hydrogens is 196 g/mol. The van der Waals surface area contributed by atoms with Crippen LogP contribution in [0, 0.1) is 0 Å². The van der Waals surface area contributed by atoms with Gasteiger partial charge in [-0.3, -0.25) is 0 Å². The van der Waals surface area contributed by atoms with Crippen molar-refractivity contribution < 1.29 is 17.9 Å². The van der Waals surface area contributed by atoms with Gasteiger partial charge in [0.05, 0.1) is 12.9 Å². The zero-order valence-electron chi connectivity index (χ0n) is 7.69. The maximum Gasteiger partial charge on any atom is 0.409 e. The molecule has 2 N–H and O–H groups in total. The summed E-state index contributed by atoms with van der Waals surface area (Å²) in [5.74, 6) is -0.131. The zero-order valence-corrected chi connectivity index (χ0v) is 8.50. The SMILES string of the molecule is COC(=O)N(C)CCCS(N)(=O)=O.